The molecule has 0 N–H and O–H groups in total. The molecule has 16 heavy (non-hydrogen) atoms. The number of hydrogen-bond donors (Lipinski definition) is 0. The molecule has 0 fully saturated rings. The van der Waals surface area contributed by atoms with E-state index in [1.807, 2.05) is 6.07 Å². The van der Waals surface area contributed by atoms with Crippen LogP contribution in [0.4, 0.5) is 0 Å². The molecule has 1 aromatic rings. The van der Waals surface area contributed by atoms with Gasteiger partial charge in [0, 0.05) is 0 Å². The molecular formula is C15H20O. The third-order valence-electron chi connectivity index (χ3n) is 3.05. The molecule has 0 saturated heterocycles. The Morgan fingerprint density at radius 2 is 1.81 bits per heavy atom. The summed E-state index contributed by atoms with van der Waals surface area (Å²) in [4.78, 5) is 0. The van der Waals surface area contributed by atoms with Crippen LogP contribution in [0.3, 0.4) is 0 Å². The van der Waals surface area contributed by atoms with Crippen LogP contribution < -0.4 is 0 Å². The predicted octanol–water partition coefficient (Wildman–Crippen LogP) is 4.09. The zero-order valence-electron chi connectivity index (χ0n) is 9.77. The van der Waals surface area contributed by atoms with Crippen molar-refractivity contribution in [2.45, 2.75) is 44.8 Å². The van der Waals surface area contributed by atoms with Crippen LogP contribution in [0.1, 0.15) is 37.7 Å². The van der Waals surface area contributed by atoms with Crippen molar-refractivity contribution in [2.75, 3.05) is 0 Å². The van der Waals surface area contributed by atoms with E-state index in [1.165, 1.54) is 37.7 Å². The first kappa shape index (κ1) is 11.4. The first-order chi connectivity index (χ1) is 7.95. The second-order valence-corrected chi connectivity index (χ2v) is 4.40. The van der Waals surface area contributed by atoms with Gasteiger partial charge in [-0.05, 0) is 37.7 Å². The largest absolute Gasteiger partial charge is 0.374 e. The molecule has 0 amide bonds. The van der Waals surface area contributed by atoms with E-state index < -0.39 is 0 Å². The van der Waals surface area contributed by atoms with E-state index in [0.29, 0.717) is 6.10 Å². The van der Waals surface area contributed by atoms with Gasteiger partial charge < -0.3 is 4.74 Å². The Kier molecular flexibility index (Phi) is 4.63. The smallest absolute Gasteiger partial charge is 0.0720 e. The quantitative estimate of drug-likeness (QED) is 0.691. The molecule has 1 aromatic carbocycles. The topological polar surface area (TPSA) is 9.23 Å². The van der Waals surface area contributed by atoms with Gasteiger partial charge in [-0.25, -0.2) is 0 Å². The van der Waals surface area contributed by atoms with Gasteiger partial charge in [0.1, 0.15) is 0 Å². The minimum absolute atomic E-state index is 0.449. The van der Waals surface area contributed by atoms with E-state index in [2.05, 4.69) is 36.4 Å². The van der Waals surface area contributed by atoms with Gasteiger partial charge in [-0.3, -0.25) is 0 Å². The summed E-state index contributed by atoms with van der Waals surface area (Å²) in [6.07, 6.45) is 11.1. The predicted molar refractivity (Wildman–Crippen MR) is 67.2 cm³/mol. The molecule has 0 saturated carbocycles. The van der Waals surface area contributed by atoms with Crippen molar-refractivity contribution in [3.8, 4) is 0 Å². The van der Waals surface area contributed by atoms with Crippen LogP contribution in [0.15, 0.2) is 42.5 Å². The van der Waals surface area contributed by atoms with Gasteiger partial charge in [-0.15, -0.1) is 0 Å². The Balaban J connectivity index is 1.78. The zero-order chi connectivity index (χ0) is 11.1. The molecule has 1 heteroatoms. The van der Waals surface area contributed by atoms with Crippen molar-refractivity contribution in [3.63, 3.8) is 0 Å². The summed E-state index contributed by atoms with van der Waals surface area (Å²) in [6, 6.07) is 10.4. The molecule has 0 heterocycles. The van der Waals surface area contributed by atoms with Gasteiger partial charge >= 0.3 is 0 Å². The molecule has 1 unspecified atom stereocenters. The highest BCUT2D eigenvalue weighted by molar-refractivity contribution is 5.13. The van der Waals surface area contributed by atoms with Gasteiger partial charge in [0.25, 0.3) is 0 Å². The van der Waals surface area contributed by atoms with E-state index in [9.17, 15) is 0 Å². The molecule has 1 atom stereocenters. The molecule has 0 radical (unpaired) electrons. The lowest BCUT2D eigenvalue weighted by Crippen LogP contribution is -2.13. The lowest BCUT2D eigenvalue weighted by atomic mass is 10.0. The normalized spacial score (nSPS) is 23.4. The van der Waals surface area contributed by atoms with Gasteiger partial charge in [-0.2, -0.15) is 0 Å². The van der Waals surface area contributed by atoms with Crippen molar-refractivity contribution in [2.24, 2.45) is 0 Å². The fraction of sp³-hybridized carbons (Fsp3) is 0.467. The number of ether oxygens (including phenoxy) is 1. The first-order valence-corrected chi connectivity index (χ1v) is 6.25. The highest BCUT2D eigenvalue weighted by Gasteiger charge is 2.09. The Labute approximate surface area is 98.1 Å². The molecular weight excluding hydrogens is 196 g/mol. The number of allylic oxidation sites excluding steroid dienone is 2. The lowest BCUT2D eigenvalue weighted by molar-refractivity contribution is 0.0284. The first-order valence-electron chi connectivity index (χ1n) is 6.25. The van der Waals surface area contributed by atoms with E-state index in [0.717, 1.165) is 6.61 Å². The summed E-state index contributed by atoms with van der Waals surface area (Å²) in [5.74, 6) is 0. The van der Waals surface area contributed by atoms with Gasteiger partial charge in [-0.1, -0.05) is 42.5 Å². The van der Waals surface area contributed by atoms with Gasteiger partial charge in [0.2, 0.25) is 0 Å². The minimum atomic E-state index is 0.449. The summed E-state index contributed by atoms with van der Waals surface area (Å²) >= 11 is 0. The van der Waals surface area contributed by atoms with Crippen LogP contribution >= 0.6 is 0 Å². The molecule has 2 rings (SSSR count). The second-order valence-electron chi connectivity index (χ2n) is 4.40. The molecule has 1 nitrogen and oxygen atoms in total. The number of benzene rings is 1. The summed E-state index contributed by atoms with van der Waals surface area (Å²) in [5, 5.41) is 0. The molecule has 0 spiro atoms. The second kappa shape index (κ2) is 6.49. The van der Waals surface area contributed by atoms with Crippen molar-refractivity contribution < 1.29 is 4.74 Å². The number of rotatable bonds is 3. The fourth-order valence-electron chi connectivity index (χ4n) is 2.08. The van der Waals surface area contributed by atoms with Crippen LogP contribution in [0.5, 0.6) is 0 Å². The summed E-state index contributed by atoms with van der Waals surface area (Å²) in [6.45, 7) is 0.759. The van der Waals surface area contributed by atoms with Crippen LogP contribution in [-0.4, -0.2) is 6.10 Å². The van der Waals surface area contributed by atoms with E-state index in [-0.39, 0.29) is 0 Å². The van der Waals surface area contributed by atoms with Crippen molar-refractivity contribution in [3.05, 3.63) is 48.0 Å². The minimum Gasteiger partial charge on any atom is -0.374 e. The van der Waals surface area contributed by atoms with Crippen LogP contribution in [-0.2, 0) is 11.3 Å². The standard InChI is InChI=1S/C15H20O/c1-2-7-11-15(12-8-3-1)16-13-14-9-5-4-6-10-14/h1-2,4-6,9-10,15H,3,7-8,11-13H2/b2-1+. The Bertz CT molecular complexity index is 315. The Morgan fingerprint density at radius 3 is 2.69 bits per heavy atom. The third-order valence-corrected chi connectivity index (χ3v) is 3.05. The molecule has 1 aliphatic carbocycles. The maximum Gasteiger partial charge on any atom is 0.0720 e. The Hall–Kier alpha value is -1.08. The summed E-state index contributed by atoms with van der Waals surface area (Å²) < 4.78 is 5.97. The van der Waals surface area contributed by atoms with Crippen LogP contribution in [0, 0.1) is 0 Å². The van der Waals surface area contributed by atoms with Gasteiger partial charge in [0.05, 0.1) is 12.7 Å². The van der Waals surface area contributed by atoms with Crippen LogP contribution in [0.2, 0.25) is 0 Å². The van der Waals surface area contributed by atoms with Crippen molar-refractivity contribution in [1.82, 2.24) is 0 Å². The molecule has 0 aliphatic heterocycles. The molecule has 1 aliphatic rings. The monoisotopic (exact) mass is 216 g/mol. The highest BCUT2D eigenvalue weighted by atomic mass is 16.5. The van der Waals surface area contributed by atoms with E-state index in [4.69, 9.17) is 4.74 Å². The average Bonchev–Trinajstić information content (AvgIpc) is 2.29. The SMILES string of the molecule is C1=C/CCC(OCc2ccccc2)CCC/1. The third kappa shape index (κ3) is 3.82. The van der Waals surface area contributed by atoms with Gasteiger partial charge in [0.15, 0.2) is 0 Å². The highest BCUT2D eigenvalue weighted by Crippen LogP contribution is 2.16. The molecule has 0 bridgehead atoms. The maximum atomic E-state index is 5.97. The summed E-state index contributed by atoms with van der Waals surface area (Å²) in [5.41, 5.74) is 1.28. The average molecular weight is 216 g/mol. The molecule has 86 valence electrons. The zero-order valence-corrected chi connectivity index (χ0v) is 9.77. The number of hydrogen-bond acceptors (Lipinski definition) is 1. The van der Waals surface area contributed by atoms with Crippen LogP contribution in [0.25, 0.3) is 0 Å². The lowest BCUT2D eigenvalue weighted by Gasteiger charge is -2.18. The van der Waals surface area contributed by atoms with E-state index >= 15 is 0 Å². The fourth-order valence-corrected chi connectivity index (χ4v) is 2.08. The summed E-state index contributed by atoms with van der Waals surface area (Å²) in [7, 11) is 0. The maximum absolute atomic E-state index is 5.97. The Morgan fingerprint density at radius 1 is 1.00 bits per heavy atom. The van der Waals surface area contributed by atoms with Crippen molar-refractivity contribution in [1.29, 1.82) is 0 Å². The van der Waals surface area contributed by atoms with E-state index in [1.54, 1.807) is 0 Å². The molecule has 0 aromatic heterocycles. The van der Waals surface area contributed by atoms with Crippen molar-refractivity contribution >= 4 is 0 Å².